The lowest BCUT2D eigenvalue weighted by molar-refractivity contribution is 0.164. The van der Waals surface area contributed by atoms with Crippen LogP contribution in [-0.4, -0.2) is 42.2 Å². The number of ether oxygens (including phenoxy) is 4. The van der Waals surface area contributed by atoms with Crippen LogP contribution in [0.5, 0.6) is 28.7 Å². The molecule has 10 heteroatoms. The topological polar surface area (TPSA) is 90.9 Å². The van der Waals surface area contributed by atoms with Crippen LogP contribution in [0.25, 0.3) is 10.9 Å². The monoisotopic (exact) mass is 547 g/mol. The highest BCUT2D eigenvalue weighted by Gasteiger charge is 2.25. The summed E-state index contributed by atoms with van der Waals surface area (Å²) in [6, 6.07) is 8.69. The second-order valence-corrected chi connectivity index (χ2v) is 9.14. The summed E-state index contributed by atoms with van der Waals surface area (Å²) in [5.41, 5.74) is 1.17. The number of nitrogens with one attached hydrogen (secondary N) is 2. The number of fused-ring (bicyclic) bond motifs is 3. The number of carbonyl (C=O) groups excluding carboxylic acids is 1. The van der Waals surface area contributed by atoms with E-state index >= 15 is 0 Å². The van der Waals surface area contributed by atoms with Crippen LogP contribution in [-0.2, 0) is 0 Å². The van der Waals surface area contributed by atoms with Crippen molar-refractivity contribution in [3.05, 3.63) is 41.6 Å². The van der Waals surface area contributed by atoms with Gasteiger partial charge in [-0.2, -0.15) is 0 Å². The number of benzene rings is 2. The predicted molar refractivity (Wildman–Crippen MR) is 133 cm³/mol. The molecule has 3 aromatic rings. The Labute approximate surface area is 210 Å². The number of rotatable bonds is 8. The van der Waals surface area contributed by atoms with Crippen molar-refractivity contribution in [3.63, 3.8) is 0 Å². The first-order valence-corrected chi connectivity index (χ1v) is 12.6. The van der Waals surface area contributed by atoms with Gasteiger partial charge in [0.15, 0.2) is 11.5 Å². The summed E-state index contributed by atoms with van der Waals surface area (Å²) < 4.78 is 24.0. The molecule has 1 fully saturated rings. The summed E-state index contributed by atoms with van der Waals surface area (Å²) in [6.07, 6.45) is 4.54. The molecule has 0 saturated heterocycles. The summed E-state index contributed by atoms with van der Waals surface area (Å²) in [7, 11) is 0. The fourth-order valence-electron chi connectivity index (χ4n) is 3.56. The standard InChI is InChI=1S/C24H23BrClN3O5/c25-7-1-9-31-20-13-18-21(23-22(20)32-10-11-33-23)19(6-8-27-18)34-15-4-5-17(16(26)12-15)29-24(30)28-14-2-3-14/h4-6,8,12-14H,1-3,7,9-11H2,(H2,28,29,30). The molecule has 0 atom stereocenters. The first-order valence-electron chi connectivity index (χ1n) is 11.1. The molecule has 2 N–H and O–H groups in total. The largest absolute Gasteiger partial charge is 0.489 e. The summed E-state index contributed by atoms with van der Waals surface area (Å²) >= 11 is 9.82. The van der Waals surface area contributed by atoms with Crippen molar-refractivity contribution in [1.29, 1.82) is 0 Å². The molecule has 2 aliphatic rings. The molecule has 5 rings (SSSR count). The lowest BCUT2D eigenvalue weighted by Gasteiger charge is -2.23. The van der Waals surface area contributed by atoms with Crippen molar-refractivity contribution in [1.82, 2.24) is 10.3 Å². The Morgan fingerprint density at radius 3 is 2.74 bits per heavy atom. The number of nitrogens with zero attached hydrogens (tertiary/aromatic N) is 1. The maximum absolute atomic E-state index is 12.0. The summed E-state index contributed by atoms with van der Waals surface area (Å²) in [5.74, 6) is 2.73. The van der Waals surface area contributed by atoms with Gasteiger partial charge in [0.05, 0.1) is 28.2 Å². The van der Waals surface area contributed by atoms with Crippen LogP contribution in [0, 0.1) is 0 Å². The van der Waals surface area contributed by atoms with Crippen molar-refractivity contribution in [3.8, 4) is 28.7 Å². The highest BCUT2D eigenvalue weighted by atomic mass is 79.9. The van der Waals surface area contributed by atoms with Gasteiger partial charge in [-0.05, 0) is 37.5 Å². The zero-order valence-corrected chi connectivity index (χ0v) is 20.6. The SMILES string of the molecule is O=C(Nc1ccc(Oc2ccnc3cc(OCCCBr)c4c(c23)OCCO4)cc1Cl)NC1CC1. The van der Waals surface area contributed by atoms with Gasteiger partial charge in [0.2, 0.25) is 5.75 Å². The minimum absolute atomic E-state index is 0.258. The summed E-state index contributed by atoms with van der Waals surface area (Å²) in [6.45, 7) is 1.39. The molecule has 0 unspecified atom stereocenters. The van der Waals surface area contributed by atoms with E-state index in [1.54, 1.807) is 30.5 Å². The molecule has 178 valence electrons. The normalized spacial score (nSPS) is 14.5. The van der Waals surface area contributed by atoms with Crippen LogP contribution in [0.4, 0.5) is 10.5 Å². The Hall–Kier alpha value is -2.91. The van der Waals surface area contributed by atoms with Crippen LogP contribution >= 0.6 is 27.5 Å². The molecule has 34 heavy (non-hydrogen) atoms. The van der Waals surface area contributed by atoms with E-state index in [2.05, 4.69) is 31.5 Å². The maximum Gasteiger partial charge on any atom is 0.319 e. The van der Waals surface area contributed by atoms with Crippen molar-refractivity contribution in [2.75, 3.05) is 30.5 Å². The number of aromatic nitrogens is 1. The number of halogens is 2. The number of amides is 2. The Kier molecular flexibility index (Phi) is 6.82. The average molecular weight is 549 g/mol. The number of hydrogen-bond acceptors (Lipinski definition) is 6. The molecule has 1 aliphatic carbocycles. The zero-order valence-electron chi connectivity index (χ0n) is 18.2. The van der Waals surface area contributed by atoms with E-state index < -0.39 is 0 Å². The van der Waals surface area contributed by atoms with E-state index in [4.69, 9.17) is 30.5 Å². The fourth-order valence-corrected chi connectivity index (χ4v) is 4.01. The molecule has 1 aromatic heterocycles. The van der Waals surface area contributed by atoms with E-state index in [0.717, 1.165) is 24.6 Å². The third-order valence-corrected chi connectivity index (χ3v) is 6.18. The maximum atomic E-state index is 12.0. The Morgan fingerprint density at radius 1 is 1.15 bits per heavy atom. The Balaban J connectivity index is 1.42. The van der Waals surface area contributed by atoms with E-state index in [9.17, 15) is 4.79 Å². The van der Waals surface area contributed by atoms with Gasteiger partial charge in [-0.3, -0.25) is 4.98 Å². The molecule has 0 radical (unpaired) electrons. The molecule has 1 aliphatic heterocycles. The number of pyridine rings is 1. The lowest BCUT2D eigenvalue weighted by Crippen LogP contribution is -2.30. The van der Waals surface area contributed by atoms with E-state index in [1.165, 1.54) is 0 Å². The Bertz CT molecular complexity index is 1220. The molecular weight excluding hydrogens is 526 g/mol. The van der Waals surface area contributed by atoms with Gasteiger partial charge in [0.25, 0.3) is 0 Å². The van der Waals surface area contributed by atoms with Crippen molar-refractivity contribution >= 4 is 50.2 Å². The summed E-state index contributed by atoms with van der Waals surface area (Å²) in [4.78, 5) is 16.5. The molecular formula is C24H23BrClN3O5. The van der Waals surface area contributed by atoms with Crippen molar-refractivity contribution in [2.24, 2.45) is 0 Å². The van der Waals surface area contributed by atoms with Gasteiger partial charge in [-0.15, -0.1) is 0 Å². The molecule has 2 aromatic carbocycles. The Morgan fingerprint density at radius 2 is 1.97 bits per heavy atom. The van der Waals surface area contributed by atoms with Crippen LogP contribution in [0.2, 0.25) is 5.02 Å². The van der Waals surface area contributed by atoms with Crippen LogP contribution in [0.15, 0.2) is 36.5 Å². The van der Waals surface area contributed by atoms with Gasteiger partial charge in [0, 0.05) is 29.7 Å². The van der Waals surface area contributed by atoms with Crippen molar-refractivity contribution in [2.45, 2.75) is 25.3 Å². The quantitative estimate of drug-likeness (QED) is 0.269. The molecule has 2 heterocycles. The first-order chi connectivity index (χ1) is 16.6. The van der Waals surface area contributed by atoms with E-state index in [-0.39, 0.29) is 12.1 Å². The smallest absolute Gasteiger partial charge is 0.319 e. The van der Waals surface area contributed by atoms with Gasteiger partial charge in [-0.25, -0.2) is 4.79 Å². The average Bonchev–Trinajstić information content (AvgIpc) is 3.65. The molecule has 0 bridgehead atoms. The first kappa shape index (κ1) is 22.9. The molecule has 1 saturated carbocycles. The minimum Gasteiger partial charge on any atom is -0.489 e. The number of carbonyl (C=O) groups is 1. The van der Waals surface area contributed by atoms with Crippen molar-refractivity contribution < 1.29 is 23.7 Å². The third kappa shape index (κ3) is 5.10. The fraction of sp³-hybridized carbons (Fsp3) is 0.333. The lowest BCUT2D eigenvalue weighted by atomic mass is 10.1. The second-order valence-electron chi connectivity index (χ2n) is 7.94. The minimum atomic E-state index is -0.267. The summed E-state index contributed by atoms with van der Waals surface area (Å²) in [5, 5.41) is 7.54. The van der Waals surface area contributed by atoms with Gasteiger partial charge in [0.1, 0.15) is 24.7 Å². The number of hydrogen-bond donors (Lipinski definition) is 2. The highest BCUT2D eigenvalue weighted by molar-refractivity contribution is 9.09. The third-order valence-electron chi connectivity index (χ3n) is 5.31. The van der Waals surface area contributed by atoms with Crippen LogP contribution in [0.3, 0.4) is 0 Å². The van der Waals surface area contributed by atoms with Gasteiger partial charge < -0.3 is 29.6 Å². The van der Waals surface area contributed by atoms with Gasteiger partial charge in [-0.1, -0.05) is 27.5 Å². The van der Waals surface area contributed by atoms with Gasteiger partial charge >= 0.3 is 6.03 Å². The zero-order chi connectivity index (χ0) is 23.5. The van der Waals surface area contributed by atoms with Crippen LogP contribution < -0.4 is 29.6 Å². The number of urea groups is 1. The molecule has 8 nitrogen and oxygen atoms in total. The number of anilines is 1. The second kappa shape index (κ2) is 10.1. The highest BCUT2D eigenvalue weighted by Crippen LogP contribution is 2.48. The number of alkyl halides is 1. The van der Waals surface area contributed by atoms with Crippen LogP contribution in [0.1, 0.15) is 19.3 Å². The predicted octanol–water partition coefficient (Wildman–Crippen LogP) is 5.90. The molecule has 2 amide bonds. The molecule has 0 spiro atoms. The van der Waals surface area contributed by atoms with E-state index in [1.807, 2.05) is 6.07 Å². The van der Waals surface area contributed by atoms with E-state index in [0.29, 0.717) is 70.2 Å².